The third kappa shape index (κ3) is 5.75. The molecule has 0 aromatic heterocycles. The molecule has 1 rings (SSSR count). The Hall–Kier alpha value is -1.56. The Labute approximate surface area is 129 Å². The van der Waals surface area contributed by atoms with Crippen molar-refractivity contribution in [2.75, 3.05) is 27.4 Å². The monoisotopic (exact) mass is 313 g/mol. The molecular formula is C15H20ClNO4. The molecule has 1 aromatic carbocycles. The summed E-state index contributed by atoms with van der Waals surface area (Å²) in [5.41, 5.74) is 0.805. The van der Waals surface area contributed by atoms with Gasteiger partial charge < -0.3 is 19.5 Å². The van der Waals surface area contributed by atoms with Gasteiger partial charge in [-0.15, -0.1) is 0 Å². The smallest absolute Gasteiger partial charge is 0.246 e. The molecule has 0 unspecified atom stereocenters. The Kier molecular flexibility index (Phi) is 7.22. The first-order valence-corrected chi connectivity index (χ1v) is 6.79. The fourth-order valence-corrected chi connectivity index (χ4v) is 2.16. The van der Waals surface area contributed by atoms with Crippen molar-refractivity contribution in [2.24, 2.45) is 0 Å². The van der Waals surface area contributed by atoms with Crippen LogP contribution in [-0.2, 0) is 16.1 Å². The maximum atomic E-state index is 11.9. The SMILES string of the molecule is C=CC(=O)N(Cc1cc(Cl)cc(OC)c1)C[C@@H](O)COC. The van der Waals surface area contributed by atoms with Gasteiger partial charge in [0.1, 0.15) is 5.75 Å². The molecule has 116 valence electrons. The van der Waals surface area contributed by atoms with E-state index in [9.17, 15) is 9.90 Å². The van der Waals surface area contributed by atoms with E-state index in [2.05, 4.69) is 6.58 Å². The zero-order chi connectivity index (χ0) is 15.8. The number of rotatable bonds is 8. The number of aliphatic hydroxyl groups excluding tert-OH is 1. The van der Waals surface area contributed by atoms with Crippen LogP contribution in [0.4, 0.5) is 0 Å². The molecule has 1 N–H and O–H groups in total. The van der Waals surface area contributed by atoms with Crippen molar-refractivity contribution in [1.29, 1.82) is 0 Å². The molecule has 0 spiro atoms. The number of aliphatic hydroxyl groups is 1. The van der Waals surface area contributed by atoms with E-state index in [1.54, 1.807) is 25.3 Å². The quantitative estimate of drug-likeness (QED) is 0.744. The second-order valence-corrected chi connectivity index (χ2v) is 4.97. The minimum Gasteiger partial charge on any atom is -0.497 e. The number of halogens is 1. The van der Waals surface area contributed by atoms with Crippen LogP contribution in [-0.4, -0.2) is 49.4 Å². The Bertz CT molecular complexity index is 493. The Morgan fingerprint density at radius 1 is 1.48 bits per heavy atom. The highest BCUT2D eigenvalue weighted by Gasteiger charge is 2.16. The molecule has 0 aliphatic rings. The number of benzene rings is 1. The summed E-state index contributed by atoms with van der Waals surface area (Å²) in [7, 11) is 3.04. The minimum absolute atomic E-state index is 0.146. The lowest BCUT2D eigenvalue weighted by atomic mass is 10.2. The number of hydrogen-bond acceptors (Lipinski definition) is 4. The van der Waals surface area contributed by atoms with Gasteiger partial charge in [0.25, 0.3) is 0 Å². The van der Waals surface area contributed by atoms with Crippen LogP contribution in [0.2, 0.25) is 5.02 Å². The maximum Gasteiger partial charge on any atom is 0.246 e. The summed E-state index contributed by atoms with van der Waals surface area (Å²) in [5.74, 6) is 0.338. The molecule has 0 aliphatic heterocycles. The highest BCUT2D eigenvalue weighted by Crippen LogP contribution is 2.22. The van der Waals surface area contributed by atoms with Crippen molar-refractivity contribution in [3.63, 3.8) is 0 Å². The highest BCUT2D eigenvalue weighted by atomic mass is 35.5. The van der Waals surface area contributed by atoms with Gasteiger partial charge in [0.05, 0.1) is 19.8 Å². The number of hydrogen-bond donors (Lipinski definition) is 1. The number of carbonyl (C=O) groups excluding carboxylic acids is 1. The molecule has 1 atom stereocenters. The van der Waals surface area contributed by atoms with Gasteiger partial charge in [-0.05, 0) is 29.8 Å². The predicted molar refractivity (Wildman–Crippen MR) is 81.5 cm³/mol. The molecule has 21 heavy (non-hydrogen) atoms. The van der Waals surface area contributed by atoms with Crippen molar-refractivity contribution in [3.8, 4) is 5.75 Å². The lowest BCUT2D eigenvalue weighted by Crippen LogP contribution is -2.37. The van der Waals surface area contributed by atoms with Gasteiger partial charge >= 0.3 is 0 Å². The molecule has 1 aromatic rings. The van der Waals surface area contributed by atoms with E-state index in [1.807, 2.05) is 0 Å². The lowest BCUT2D eigenvalue weighted by Gasteiger charge is -2.24. The summed E-state index contributed by atoms with van der Waals surface area (Å²) >= 11 is 6.01. The first-order valence-electron chi connectivity index (χ1n) is 6.42. The summed E-state index contributed by atoms with van der Waals surface area (Å²) in [6, 6.07) is 5.22. The molecule has 1 amide bonds. The summed E-state index contributed by atoms with van der Waals surface area (Å²) < 4.78 is 10.0. The van der Waals surface area contributed by atoms with Crippen LogP contribution in [0.1, 0.15) is 5.56 Å². The normalized spacial score (nSPS) is 11.8. The van der Waals surface area contributed by atoms with Gasteiger partial charge in [-0.2, -0.15) is 0 Å². The molecule has 5 nitrogen and oxygen atoms in total. The maximum absolute atomic E-state index is 11.9. The number of nitrogens with zero attached hydrogens (tertiary/aromatic N) is 1. The van der Waals surface area contributed by atoms with E-state index in [4.69, 9.17) is 21.1 Å². The van der Waals surface area contributed by atoms with Crippen molar-refractivity contribution in [3.05, 3.63) is 41.4 Å². The van der Waals surface area contributed by atoms with Crippen LogP contribution in [0.15, 0.2) is 30.9 Å². The van der Waals surface area contributed by atoms with Gasteiger partial charge in [-0.1, -0.05) is 18.2 Å². The van der Waals surface area contributed by atoms with Crippen LogP contribution in [0.5, 0.6) is 5.75 Å². The van der Waals surface area contributed by atoms with Crippen LogP contribution in [0, 0.1) is 0 Å². The number of methoxy groups -OCH3 is 2. The minimum atomic E-state index is -0.764. The fourth-order valence-electron chi connectivity index (χ4n) is 1.91. The van der Waals surface area contributed by atoms with Crippen molar-refractivity contribution < 1.29 is 19.4 Å². The van der Waals surface area contributed by atoms with E-state index < -0.39 is 6.10 Å². The van der Waals surface area contributed by atoms with E-state index >= 15 is 0 Å². The topological polar surface area (TPSA) is 59.0 Å². The van der Waals surface area contributed by atoms with E-state index in [0.29, 0.717) is 17.3 Å². The van der Waals surface area contributed by atoms with Crippen LogP contribution < -0.4 is 4.74 Å². The van der Waals surface area contributed by atoms with E-state index in [0.717, 1.165) is 5.56 Å². The van der Waals surface area contributed by atoms with Gasteiger partial charge in [-0.3, -0.25) is 4.79 Å². The van der Waals surface area contributed by atoms with Gasteiger partial charge in [-0.25, -0.2) is 0 Å². The molecule has 0 aliphatic carbocycles. The number of amides is 1. The third-order valence-electron chi connectivity index (χ3n) is 2.82. The van der Waals surface area contributed by atoms with Gasteiger partial charge in [0, 0.05) is 25.2 Å². The first-order chi connectivity index (χ1) is 9.99. The zero-order valence-electron chi connectivity index (χ0n) is 12.2. The molecule has 0 saturated carbocycles. The third-order valence-corrected chi connectivity index (χ3v) is 3.03. The lowest BCUT2D eigenvalue weighted by molar-refractivity contribution is -0.128. The van der Waals surface area contributed by atoms with Gasteiger partial charge in [0.2, 0.25) is 5.91 Å². The number of ether oxygens (including phenoxy) is 2. The largest absolute Gasteiger partial charge is 0.497 e. The molecule has 6 heteroatoms. The highest BCUT2D eigenvalue weighted by molar-refractivity contribution is 6.30. The Balaban J connectivity index is 2.87. The summed E-state index contributed by atoms with van der Waals surface area (Å²) in [5, 5.41) is 10.3. The Morgan fingerprint density at radius 2 is 2.19 bits per heavy atom. The first kappa shape index (κ1) is 17.5. The predicted octanol–water partition coefficient (Wildman–Crippen LogP) is 1.87. The van der Waals surface area contributed by atoms with Crippen molar-refractivity contribution in [1.82, 2.24) is 4.90 Å². The summed E-state index contributed by atoms with van der Waals surface area (Å²) in [6.45, 7) is 4.07. The second-order valence-electron chi connectivity index (χ2n) is 4.53. The van der Waals surface area contributed by atoms with Crippen LogP contribution in [0.3, 0.4) is 0 Å². The molecule has 0 heterocycles. The van der Waals surface area contributed by atoms with Crippen LogP contribution >= 0.6 is 11.6 Å². The second kappa shape index (κ2) is 8.67. The summed E-state index contributed by atoms with van der Waals surface area (Å²) in [6.07, 6.45) is 0.446. The molecule has 0 radical (unpaired) electrons. The average molecular weight is 314 g/mol. The van der Waals surface area contributed by atoms with Crippen molar-refractivity contribution >= 4 is 17.5 Å². The van der Waals surface area contributed by atoms with Gasteiger partial charge in [0.15, 0.2) is 0 Å². The number of carbonyl (C=O) groups is 1. The Morgan fingerprint density at radius 3 is 2.76 bits per heavy atom. The van der Waals surface area contributed by atoms with E-state index in [1.165, 1.54) is 18.1 Å². The average Bonchev–Trinajstić information content (AvgIpc) is 2.45. The molecular weight excluding hydrogens is 294 g/mol. The van der Waals surface area contributed by atoms with E-state index in [-0.39, 0.29) is 19.1 Å². The van der Waals surface area contributed by atoms with Crippen LogP contribution in [0.25, 0.3) is 0 Å². The fraction of sp³-hybridized carbons (Fsp3) is 0.400. The van der Waals surface area contributed by atoms with Crippen molar-refractivity contribution in [2.45, 2.75) is 12.6 Å². The molecule has 0 saturated heterocycles. The standard InChI is InChI=1S/C15H20ClNO4/c1-4-15(19)17(9-13(18)10-20-2)8-11-5-12(16)7-14(6-11)21-3/h4-7,13,18H,1,8-10H2,2-3H3/t13-/m1/s1. The zero-order valence-corrected chi connectivity index (χ0v) is 13.0. The molecule has 0 bridgehead atoms. The molecule has 0 fully saturated rings. The summed E-state index contributed by atoms with van der Waals surface area (Å²) in [4.78, 5) is 13.4.